The van der Waals surface area contributed by atoms with Crippen molar-refractivity contribution in [2.45, 2.75) is 0 Å². The summed E-state index contributed by atoms with van der Waals surface area (Å²) in [5.74, 6) is 1.72. The summed E-state index contributed by atoms with van der Waals surface area (Å²) >= 11 is 0. The van der Waals surface area contributed by atoms with Crippen LogP contribution in [0.1, 0.15) is 0 Å². The molecular weight excluding hydrogens is 773 g/mol. The second kappa shape index (κ2) is 12.9. The van der Waals surface area contributed by atoms with E-state index in [1.807, 2.05) is 54.6 Å². The van der Waals surface area contributed by atoms with Gasteiger partial charge in [-0.1, -0.05) is 121 Å². The van der Waals surface area contributed by atoms with Crippen molar-refractivity contribution in [2.24, 2.45) is 0 Å². The van der Waals surface area contributed by atoms with E-state index in [4.69, 9.17) is 23.8 Å². The number of hydrogen-bond acceptors (Lipinski definition) is 5. The maximum atomic E-state index is 6.64. The Bertz CT molecular complexity index is 4120. The van der Waals surface area contributed by atoms with Crippen molar-refractivity contribution in [3.63, 3.8) is 0 Å². The Morgan fingerprint density at radius 3 is 1.51 bits per heavy atom. The quantitative estimate of drug-likeness (QED) is 0.177. The predicted molar refractivity (Wildman–Crippen MR) is 258 cm³/mol. The number of nitrogens with zero attached hydrogens (tertiary/aromatic N) is 4. The fourth-order valence-corrected chi connectivity index (χ4v) is 9.75. The number of fused-ring (bicyclic) bond motifs is 13. The Balaban J connectivity index is 0.913. The zero-order chi connectivity index (χ0) is 41.2. The molecule has 0 N–H and O–H groups in total. The van der Waals surface area contributed by atoms with Crippen molar-refractivity contribution in [1.82, 2.24) is 19.5 Å². The Labute approximate surface area is 358 Å². The summed E-state index contributed by atoms with van der Waals surface area (Å²) < 4.78 is 15.3. The molecule has 0 radical (unpaired) electrons. The lowest BCUT2D eigenvalue weighted by Gasteiger charge is -2.11. The maximum absolute atomic E-state index is 6.64. The summed E-state index contributed by atoms with van der Waals surface area (Å²) in [4.78, 5) is 15.1. The van der Waals surface area contributed by atoms with Crippen LogP contribution in [0.25, 0.3) is 138 Å². The molecule has 6 heteroatoms. The zero-order valence-corrected chi connectivity index (χ0v) is 33.6. The van der Waals surface area contributed by atoms with Gasteiger partial charge in [0, 0.05) is 54.7 Å². The molecule has 0 atom stereocenters. The number of furan rings is 2. The average Bonchev–Trinajstić information content (AvgIpc) is 4.01. The number of hydrogen-bond donors (Lipinski definition) is 0. The molecule has 6 nitrogen and oxygen atoms in total. The van der Waals surface area contributed by atoms with E-state index >= 15 is 0 Å². The molecule has 0 bridgehead atoms. The summed E-state index contributed by atoms with van der Waals surface area (Å²) in [6, 6.07) is 68.3. The highest BCUT2D eigenvalue weighted by Crippen LogP contribution is 2.41. The molecule has 0 amide bonds. The third kappa shape index (κ3) is 5.22. The maximum Gasteiger partial charge on any atom is 0.164 e. The molecule has 0 aliphatic heterocycles. The van der Waals surface area contributed by atoms with E-state index in [1.54, 1.807) is 0 Å². The smallest absolute Gasteiger partial charge is 0.164 e. The molecule has 4 heterocycles. The van der Waals surface area contributed by atoms with E-state index in [1.165, 1.54) is 43.4 Å². The van der Waals surface area contributed by atoms with E-state index in [0.717, 1.165) is 77.0 Å². The van der Waals surface area contributed by atoms with Crippen LogP contribution in [0.5, 0.6) is 0 Å². The lowest BCUT2D eigenvalue weighted by Crippen LogP contribution is -2.00. The largest absolute Gasteiger partial charge is 0.456 e. The van der Waals surface area contributed by atoms with E-state index in [0.29, 0.717) is 17.5 Å². The van der Waals surface area contributed by atoms with Crippen molar-refractivity contribution >= 4 is 98.0 Å². The van der Waals surface area contributed by atoms with Gasteiger partial charge in [0.05, 0.1) is 11.0 Å². The molecule has 4 aromatic heterocycles. The first-order valence-corrected chi connectivity index (χ1v) is 21.2. The van der Waals surface area contributed by atoms with Crippen molar-refractivity contribution in [3.8, 4) is 39.9 Å². The minimum absolute atomic E-state index is 0.562. The van der Waals surface area contributed by atoms with Gasteiger partial charge in [0.25, 0.3) is 0 Å². The minimum atomic E-state index is 0.562. The van der Waals surface area contributed by atoms with Crippen LogP contribution >= 0.6 is 0 Å². The van der Waals surface area contributed by atoms with E-state index in [2.05, 4.69) is 144 Å². The third-order valence-corrected chi connectivity index (χ3v) is 12.8. The summed E-state index contributed by atoms with van der Waals surface area (Å²) in [7, 11) is 0. The van der Waals surface area contributed by atoms with E-state index in [-0.39, 0.29) is 0 Å². The summed E-state index contributed by atoms with van der Waals surface area (Å²) in [6.07, 6.45) is 0. The summed E-state index contributed by atoms with van der Waals surface area (Å²) in [5, 5.41) is 13.9. The van der Waals surface area contributed by atoms with Crippen LogP contribution in [0.15, 0.2) is 203 Å². The van der Waals surface area contributed by atoms with Crippen LogP contribution < -0.4 is 0 Å². The lowest BCUT2D eigenvalue weighted by molar-refractivity contribution is 0.669. The average molecular weight is 805 g/mol. The van der Waals surface area contributed by atoms with Gasteiger partial charge in [-0.15, -0.1) is 0 Å². The van der Waals surface area contributed by atoms with E-state index < -0.39 is 0 Å². The van der Waals surface area contributed by atoms with Gasteiger partial charge in [0.2, 0.25) is 0 Å². The van der Waals surface area contributed by atoms with Gasteiger partial charge in [-0.25, -0.2) is 15.0 Å². The van der Waals surface area contributed by atoms with Crippen LogP contribution in [0.2, 0.25) is 0 Å². The normalized spacial score (nSPS) is 12.1. The molecule has 0 unspecified atom stereocenters. The Morgan fingerprint density at radius 1 is 0.302 bits per heavy atom. The van der Waals surface area contributed by atoms with Gasteiger partial charge in [-0.3, -0.25) is 0 Å². The Hall–Kier alpha value is -8.61. The fraction of sp³-hybridized carbons (Fsp3) is 0. The number of para-hydroxylation sites is 1. The molecule has 0 saturated carbocycles. The predicted octanol–water partition coefficient (Wildman–Crippen LogP) is 15.2. The van der Waals surface area contributed by atoms with Crippen molar-refractivity contribution in [2.75, 3.05) is 0 Å². The number of benzene rings is 10. The van der Waals surface area contributed by atoms with Gasteiger partial charge < -0.3 is 13.4 Å². The zero-order valence-electron chi connectivity index (χ0n) is 33.6. The summed E-state index contributed by atoms with van der Waals surface area (Å²) in [6.45, 7) is 0. The third-order valence-electron chi connectivity index (χ3n) is 12.8. The van der Waals surface area contributed by atoms with Crippen LogP contribution in [0.3, 0.4) is 0 Å². The molecule has 292 valence electrons. The minimum Gasteiger partial charge on any atom is -0.456 e. The van der Waals surface area contributed by atoms with Gasteiger partial charge >= 0.3 is 0 Å². The van der Waals surface area contributed by atoms with Crippen LogP contribution in [0.4, 0.5) is 0 Å². The standard InChI is InChI=1S/C57H32N4O2/c1-2-10-33(11-3-1)55-58-56(39-18-22-44-43-16-8-9-17-50(43)62-52(44)31-39)60-57(59-55)40-19-23-45-53(32-40)63-51-25-20-38-26-41(21-24-42(38)54(45)51)61-48-29-36-14-6-4-12-34(36)27-46(48)47-28-35-13-5-7-15-37(35)30-49(47)61/h1-32H. The fourth-order valence-electron chi connectivity index (χ4n) is 9.75. The van der Waals surface area contributed by atoms with Gasteiger partial charge in [0.15, 0.2) is 17.5 Å². The molecule has 0 fully saturated rings. The van der Waals surface area contributed by atoms with Crippen molar-refractivity contribution in [1.29, 1.82) is 0 Å². The first-order chi connectivity index (χ1) is 31.2. The molecule has 10 aromatic carbocycles. The highest BCUT2D eigenvalue weighted by Gasteiger charge is 2.19. The van der Waals surface area contributed by atoms with Crippen molar-refractivity contribution in [3.05, 3.63) is 194 Å². The first-order valence-electron chi connectivity index (χ1n) is 21.2. The molecular formula is C57H32N4O2. The van der Waals surface area contributed by atoms with Gasteiger partial charge in [0.1, 0.15) is 22.3 Å². The first kappa shape index (κ1) is 34.1. The van der Waals surface area contributed by atoms with Gasteiger partial charge in [-0.2, -0.15) is 0 Å². The monoisotopic (exact) mass is 804 g/mol. The molecule has 0 aliphatic carbocycles. The second-order valence-electron chi connectivity index (χ2n) is 16.4. The molecule has 14 aromatic rings. The topological polar surface area (TPSA) is 69.9 Å². The molecule has 0 spiro atoms. The lowest BCUT2D eigenvalue weighted by atomic mass is 10.0. The highest BCUT2D eigenvalue weighted by molar-refractivity contribution is 6.20. The summed E-state index contributed by atoms with van der Waals surface area (Å²) in [5.41, 5.74) is 9.32. The van der Waals surface area contributed by atoms with Crippen LogP contribution in [-0.4, -0.2) is 19.5 Å². The van der Waals surface area contributed by atoms with Crippen molar-refractivity contribution < 1.29 is 8.83 Å². The highest BCUT2D eigenvalue weighted by atomic mass is 16.3. The van der Waals surface area contributed by atoms with Gasteiger partial charge in [-0.05, 0) is 105 Å². The van der Waals surface area contributed by atoms with Crippen LogP contribution in [0, 0.1) is 0 Å². The molecule has 0 aliphatic rings. The number of rotatable bonds is 4. The number of aromatic nitrogens is 4. The van der Waals surface area contributed by atoms with E-state index in [9.17, 15) is 0 Å². The Morgan fingerprint density at radius 2 is 0.825 bits per heavy atom. The SMILES string of the molecule is c1ccc(-c2nc(-c3ccc4c(c3)oc3ccccc34)nc(-c3ccc4c(c3)oc3ccc5cc(-n6c7cc8ccccc8cc7c7cc8ccccc8cc76)ccc5c34)n2)cc1. The molecule has 0 saturated heterocycles. The Kier molecular flexibility index (Phi) is 7.02. The van der Waals surface area contributed by atoms with Crippen LogP contribution in [-0.2, 0) is 0 Å². The molecule has 14 rings (SSSR count). The molecule has 63 heavy (non-hydrogen) atoms. The second-order valence-corrected chi connectivity index (χ2v) is 16.4.